The van der Waals surface area contributed by atoms with Crippen molar-refractivity contribution in [1.82, 2.24) is 9.97 Å². The molecule has 110 valence electrons. The summed E-state index contributed by atoms with van der Waals surface area (Å²) in [4.78, 5) is 9.45. The van der Waals surface area contributed by atoms with E-state index in [2.05, 4.69) is 48.5 Å². The van der Waals surface area contributed by atoms with Crippen molar-refractivity contribution in [3.63, 3.8) is 0 Å². The number of para-hydroxylation sites is 2. The van der Waals surface area contributed by atoms with E-state index in [-0.39, 0.29) is 0 Å². The molecule has 22 heavy (non-hydrogen) atoms. The zero-order valence-electron chi connectivity index (χ0n) is 11.6. The summed E-state index contributed by atoms with van der Waals surface area (Å²) >= 11 is 4.66. The Labute approximate surface area is 149 Å². The van der Waals surface area contributed by atoms with E-state index >= 15 is 0 Å². The molecule has 4 aromatic rings. The molecule has 2 aromatic heterocycles. The summed E-state index contributed by atoms with van der Waals surface area (Å²) in [7, 11) is 0. The molecule has 0 N–H and O–H groups in total. The van der Waals surface area contributed by atoms with E-state index < -0.39 is 0 Å². The topological polar surface area (TPSA) is 25.8 Å². The van der Waals surface area contributed by atoms with Crippen LogP contribution in [0.1, 0.15) is 0 Å². The van der Waals surface area contributed by atoms with Crippen LogP contribution >= 0.6 is 23.5 Å². The van der Waals surface area contributed by atoms with Crippen molar-refractivity contribution in [2.75, 3.05) is 11.5 Å². The van der Waals surface area contributed by atoms with Crippen molar-refractivity contribution in [1.29, 1.82) is 0 Å². The van der Waals surface area contributed by atoms with E-state index in [4.69, 9.17) is 9.97 Å². The molecule has 4 rings (SSSR count). The summed E-state index contributed by atoms with van der Waals surface area (Å²) in [6.07, 6.45) is 0. The average molecular weight is 454 g/mol. The van der Waals surface area contributed by atoms with E-state index in [0.717, 1.165) is 11.5 Å². The van der Waals surface area contributed by atoms with E-state index in [1.54, 1.807) is 0 Å². The van der Waals surface area contributed by atoms with Gasteiger partial charge in [-0.05, 0) is 0 Å². The molecule has 0 atom stereocenters. The molecule has 0 saturated heterocycles. The fourth-order valence-corrected chi connectivity index (χ4v) is 9.19. The van der Waals surface area contributed by atoms with Crippen LogP contribution in [-0.4, -0.2) is 50.5 Å². The third kappa shape index (κ3) is 3.38. The normalized spacial score (nSPS) is 11.5. The molecule has 0 fully saturated rings. The standard InChI is InChI=1S/C16H12N2S2Se2/c1-3-7-13-11(5-1)17-15(21-13)19-9-10-20-16-18-12-6-2-4-8-14(12)22-16/h1-8H,9-10H2. The predicted octanol–water partition coefficient (Wildman–Crippen LogP) is 3.78. The van der Waals surface area contributed by atoms with Gasteiger partial charge < -0.3 is 0 Å². The van der Waals surface area contributed by atoms with Gasteiger partial charge >= 0.3 is 150 Å². The molecule has 0 radical (unpaired) electrons. The summed E-state index contributed by atoms with van der Waals surface area (Å²) in [6, 6.07) is 17.0. The monoisotopic (exact) mass is 456 g/mol. The number of fused-ring (bicyclic) bond motifs is 2. The maximum absolute atomic E-state index is 4.73. The van der Waals surface area contributed by atoms with Crippen LogP contribution in [0.15, 0.2) is 56.3 Å². The van der Waals surface area contributed by atoms with Crippen LogP contribution in [0.5, 0.6) is 0 Å². The van der Waals surface area contributed by atoms with E-state index in [1.165, 1.54) is 27.4 Å². The zero-order valence-corrected chi connectivity index (χ0v) is 16.6. The molecule has 2 heterocycles. The molecular formula is C16H12N2S2Se2. The Morgan fingerprint density at radius 1 is 0.682 bits per heavy atom. The van der Waals surface area contributed by atoms with Gasteiger partial charge in [0.1, 0.15) is 0 Å². The first-order chi connectivity index (χ1) is 10.9. The average Bonchev–Trinajstić information content (AvgIpc) is 3.14. The van der Waals surface area contributed by atoms with Gasteiger partial charge in [0.05, 0.1) is 0 Å². The van der Waals surface area contributed by atoms with Crippen molar-refractivity contribution >= 4 is 72.1 Å². The number of hydrogen-bond donors (Lipinski definition) is 0. The minimum atomic E-state index is 0.414. The van der Waals surface area contributed by atoms with Crippen molar-refractivity contribution in [2.24, 2.45) is 0 Å². The third-order valence-corrected chi connectivity index (χ3v) is 10.7. The molecule has 0 aliphatic carbocycles. The Bertz CT molecular complexity index is 774. The van der Waals surface area contributed by atoms with Gasteiger partial charge in [0.2, 0.25) is 0 Å². The third-order valence-electron chi connectivity index (χ3n) is 3.08. The number of hydrogen-bond acceptors (Lipinski definition) is 4. The Morgan fingerprint density at radius 3 is 1.59 bits per heavy atom. The number of thioether (sulfide) groups is 2. The van der Waals surface area contributed by atoms with Gasteiger partial charge in [-0.1, -0.05) is 0 Å². The van der Waals surface area contributed by atoms with Crippen LogP contribution in [-0.2, 0) is 0 Å². The molecule has 0 spiro atoms. The summed E-state index contributed by atoms with van der Waals surface area (Å²) in [5.41, 5.74) is 2.35. The first-order valence-electron chi connectivity index (χ1n) is 6.85. The minimum absolute atomic E-state index is 0.414. The van der Waals surface area contributed by atoms with Crippen molar-refractivity contribution in [3.8, 4) is 0 Å². The first kappa shape index (κ1) is 15.1. The molecule has 2 aromatic carbocycles. The van der Waals surface area contributed by atoms with Gasteiger partial charge in [0.15, 0.2) is 0 Å². The van der Waals surface area contributed by atoms with Gasteiger partial charge in [-0.2, -0.15) is 0 Å². The quantitative estimate of drug-likeness (QED) is 0.261. The molecular weight excluding hydrogens is 442 g/mol. The van der Waals surface area contributed by atoms with Crippen LogP contribution in [0.25, 0.3) is 19.6 Å². The molecule has 0 unspecified atom stereocenters. The molecule has 0 saturated carbocycles. The maximum atomic E-state index is 4.73. The van der Waals surface area contributed by atoms with Crippen LogP contribution in [0.2, 0.25) is 0 Å². The second-order valence-electron chi connectivity index (χ2n) is 4.59. The van der Waals surface area contributed by atoms with E-state index in [9.17, 15) is 0 Å². The fraction of sp³-hybridized carbons (Fsp3) is 0.125. The Hall–Kier alpha value is -0.481. The van der Waals surface area contributed by atoms with Crippen LogP contribution in [0, 0.1) is 0 Å². The van der Waals surface area contributed by atoms with Crippen molar-refractivity contribution in [2.45, 2.75) is 7.80 Å². The molecule has 2 nitrogen and oxygen atoms in total. The molecule has 0 bridgehead atoms. The van der Waals surface area contributed by atoms with Crippen LogP contribution in [0.3, 0.4) is 0 Å². The number of nitrogens with zero attached hydrogens (tertiary/aromatic N) is 2. The Balaban J connectivity index is 1.35. The van der Waals surface area contributed by atoms with Gasteiger partial charge in [0.25, 0.3) is 0 Å². The van der Waals surface area contributed by atoms with Crippen LogP contribution in [0.4, 0.5) is 0 Å². The first-order valence-corrected chi connectivity index (χ1v) is 12.2. The summed E-state index contributed by atoms with van der Waals surface area (Å²) in [5, 5.41) is 0. The molecule has 0 aliphatic heterocycles. The van der Waals surface area contributed by atoms with E-state index in [0.29, 0.717) is 29.0 Å². The van der Waals surface area contributed by atoms with Crippen LogP contribution < -0.4 is 0 Å². The SMILES string of the molecule is c1ccc2[se]c(SCCSc3nc4ccccc4[se]3)nc2c1. The molecule has 0 amide bonds. The van der Waals surface area contributed by atoms with Gasteiger partial charge in [-0.3, -0.25) is 0 Å². The summed E-state index contributed by atoms with van der Waals surface area (Å²) in [6.45, 7) is 0. The van der Waals surface area contributed by atoms with Gasteiger partial charge in [-0.25, -0.2) is 0 Å². The predicted molar refractivity (Wildman–Crippen MR) is 98.8 cm³/mol. The number of benzene rings is 2. The van der Waals surface area contributed by atoms with Gasteiger partial charge in [0, 0.05) is 0 Å². The zero-order chi connectivity index (χ0) is 14.8. The van der Waals surface area contributed by atoms with Crippen molar-refractivity contribution in [3.05, 3.63) is 48.5 Å². The number of rotatable bonds is 5. The van der Waals surface area contributed by atoms with Gasteiger partial charge in [-0.15, -0.1) is 0 Å². The second kappa shape index (κ2) is 6.96. The van der Waals surface area contributed by atoms with E-state index in [1.807, 2.05) is 23.5 Å². The summed E-state index contributed by atoms with van der Waals surface area (Å²) < 4.78 is 5.47. The Kier molecular flexibility index (Phi) is 4.77. The molecule has 0 aliphatic rings. The summed E-state index contributed by atoms with van der Waals surface area (Å²) in [5.74, 6) is 2.23. The molecule has 6 heteroatoms. The Morgan fingerprint density at radius 2 is 1.14 bits per heavy atom. The number of aromatic nitrogens is 2. The second-order valence-corrected chi connectivity index (χ2v) is 12.3. The van der Waals surface area contributed by atoms with Crippen molar-refractivity contribution < 1.29 is 0 Å². The fourth-order valence-electron chi connectivity index (χ4n) is 2.08.